The maximum absolute atomic E-state index is 12.0. The van der Waals surface area contributed by atoms with Gasteiger partial charge in [0.15, 0.2) is 15.6 Å². The number of ketones is 1. The summed E-state index contributed by atoms with van der Waals surface area (Å²) in [5, 5.41) is 0. The summed E-state index contributed by atoms with van der Waals surface area (Å²) in [5.41, 5.74) is 0.469. The van der Waals surface area contributed by atoms with Crippen LogP contribution in [0.2, 0.25) is 0 Å². The molecular formula is C10H10BrNO3S. The Kier molecular flexibility index (Phi) is 3.12. The smallest absolute Gasteiger partial charge is 0.168 e. The fourth-order valence-electron chi connectivity index (χ4n) is 1.78. The van der Waals surface area contributed by atoms with Crippen LogP contribution in [-0.2, 0) is 9.84 Å². The number of sulfone groups is 1. The highest BCUT2D eigenvalue weighted by atomic mass is 79.9. The van der Waals surface area contributed by atoms with Crippen LogP contribution in [0, 0.1) is 5.92 Å². The summed E-state index contributed by atoms with van der Waals surface area (Å²) in [6, 6.07) is 1.67. The molecule has 2 rings (SSSR count). The van der Waals surface area contributed by atoms with Gasteiger partial charge >= 0.3 is 0 Å². The predicted molar refractivity (Wildman–Crippen MR) is 63.0 cm³/mol. The van der Waals surface area contributed by atoms with Crippen molar-refractivity contribution in [2.24, 2.45) is 5.92 Å². The van der Waals surface area contributed by atoms with Gasteiger partial charge in [0, 0.05) is 28.3 Å². The van der Waals surface area contributed by atoms with Gasteiger partial charge in [-0.3, -0.25) is 9.78 Å². The van der Waals surface area contributed by atoms with E-state index in [1.165, 1.54) is 6.20 Å². The minimum atomic E-state index is -3.01. The normalized spacial score (nSPS) is 23.2. The Morgan fingerprint density at radius 2 is 2.19 bits per heavy atom. The molecule has 1 aromatic rings. The first-order valence-electron chi connectivity index (χ1n) is 4.83. The summed E-state index contributed by atoms with van der Waals surface area (Å²) >= 11 is 3.23. The van der Waals surface area contributed by atoms with Gasteiger partial charge in [0.2, 0.25) is 0 Å². The van der Waals surface area contributed by atoms with Crippen molar-refractivity contribution < 1.29 is 13.2 Å². The van der Waals surface area contributed by atoms with Gasteiger partial charge in [-0.1, -0.05) is 0 Å². The van der Waals surface area contributed by atoms with Crippen molar-refractivity contribution >= 4 is 31.6 Å². The third-order valence-corrected chi connectivity index (χ3v) is 4.79. The van der Waals surface area contributed by atoms with Gasteiger partial charge in [-0.25, -0.2) is 8.42 Å². The second-order valence-corrected chi connectivity index (χ2v) is 7.00. The monoisotopic (exact) mass is 303 g/mol. The van der Waals surface area contributed by atoms with Crippen molar-refractivity contribution in [2.45, 2.75) is 6.42 Å². The molecule has 1 aliphatic heterocycles. The molecule has 0 bridgehead atoms. The highest BCUT2D eigenvalue weighted by Crippen LogP contribution is 2.23. The standard InChI is InChI=1S/C10H10BrNO3S/c11-9-3-8(4-12-5-9)10(13)7-1-2-16(14,15)6-7/h3-5,7H,1-2,6H2. The maximum atomic E-state index is 12.0. The lowest BCUT2D eigenvalue weighted by atomic mass is 9.99. The van der Waals surface area contributed by atoms with Crippen LogP contribution in [-0.4, -0.2) is 30.7 Å². The zero-order valence-electron chi connectivity index (χ0n) is 8.39. The fraction of sp³-hybridized carbons (Fsp3) is 0.400. The molecule has 0 aliphatic carbocycles. The van der Waals surface area contributed by atoms with E-state index >= 15 is 0 Å². The van der Waals surface area contributed by atoms with Gasteiger partial charge in [0.25, 0.3) is 0 Å². The maximum Gasteiger partial charge on any atom is 0.168 e. The van der Waals surface area contributed by atoms with E-state index in [0.29, 0.717) is 12.0 Å². The number of carbonyl (C=O) groups excluding carboxylic acids is 1. The zero-order chi connectivity index (χ0) is 11.8. The summed E-state index contributed by atoms with van der Waals surface area (Å²) in [6.07, 6.45) is 3.48. The molecule has 86 valence electrons. The van der Waals surface area contributed by atoms with E-state index in [9.17, 15) is 13.2 Å². The van der Waals surface area contributed by atoms with E-state index in [0.717, 1.165) is 4.47 Å². The molecule has 1 atom stereocenters. The number of hydrogen-bond acceptors (Lipinski definition) is 4. The highest BCUT2D eigenvalue weighted by molar-refractivity contribution is 9.10. The number of rotatable bonds is 2. The van der Waals surface area contributed by atoms with Gasteiger partial charge in [-0.15, -0.1) is 0 Å². The molecule has 0 saturated carbocycles. The molecule has 1 saturated heterocycles. The van der Waals surface area contributed by atoms with Crippen LogP contribution in [0.25, 0.3) is 0 Å². The van der Waals surface area contributed by atoms with Gasteiger partial charge in [0.1, 0.15) is 0 Å². The van der Waals surface area contributed by atoms with Crippen molar-refractivity contribution in [1.82, 2.24) is 4.98 Å². The number of pyridine rings is 1. The van der Waals surface area contributed by atoms with E-state index < -0.39 is 15.8 Å². The minimum absolute atomic E-state index is 0.0294. The highest BCUT2D eigenvalue weighted by Gasteiger charge is 2.33. The molecule has 1 unspecified atom stereocenters. The van der Waals surface area contributed by atoms with Crippen molar-refractivity contribution in [1.29, 1.82) is 0 Å². The number of halogens is 1. The summed E-state index contributed by atoms with van der Waals surface area (Å²) < 4.78 is 23.3. The predicted octanol–water partition coefficient (Wildman–Crippen LogP) is 1.46. The minimum Gasteiger partial charge on any atom is -0.294 e. The molecule has 1 fully saturated rings. The van der Waals surface area contributed by atoms with E-state index in [1.807, 2.05) is 0 Å². The van der Waals surface area contributed by atoms with E-state index in [1.54, 1.807) is 12.3 Å². The van der Waals surface area contributed by atoms with Crippen molar-refractivity contribution in [3.05, 3.63) is 28.5 Å². The van der Waals surface area contributed by atoms with E-state index in [4.69, 9.17) is 0 Å². The summed E-state index contributed by atoms with van der Waals surface area (Å²) in [6.45, 7) is 0. The van der Waals surface area contributed by atoms with Crippen LogP contribution in [0.1, 0.15) is 16.8 Å². The molecule has 6 heteroatoms. The van der Waals surface area contributed by atoms with Crippen molar-refractivity contribution in [3.63, 3.8) is 0 Å². The van der Waals surface area contributed by atoms with Crippen molar-refractivity contribution in [2.75, 3.05) is 11.5 Å². The quantitative estimate of drug-likeness (QED) is 0.776. The van der Waals surface area contributed by atoms with Gasteiger partial charge in [-0.05, 0) is 28.4 Å². The largest absolute Gasteiger partial charge is 0.294 e. The third kappa shape index (κ3) is 2.49. The van der Waals surface area contributed by atoms with Crippen LogP contribution >= 0.6 is 15.9 Å². The molecule has 0 radical (unpaired) electrons. The summed E-state index contributed by atoms with van der Waals surface area (Å²) in [4.78, 5) is 15.9. The SMILES string of the molecule is O=C(c1cncc(Br)c1)C1CCS(=O)(=O)C1. The Hall–Kier alpha value is -0.750. The van der Waals surface area contributed by atoms with Crippen LogP contribution in [0.4, 0.5) is 0 Å². The average molecular weight is 304 g/mol. The lowest BCUT2D eigenvalue weighted by molar-refractivity contribution is 0.0933. The Bertz CT molecular complexity index is 527. The number of hydrogen-bond donors (Lipinski definition) is 0. The van der Waals surface area contributed by atoms with Crippen LogP contribution in [0.15, 0.2) is 22.9 Å². The van der Waals surface area contributed by atoms with Gasteiger partial charge < -0.3 is 0 Å². The number of Topliss-reactive ketones (excluding diaryl/α,β-unsaturated/α-hetero) is 1. The third-order valence-electron chi connectivity index (χ3n) is 2.59. The lowest BCUT2D eigenvalue weighted by Gasteiger charge is -2.06. The van der Waals surface area contributed by atoms with E-state index in [-0.39, 0.29) is 17.3 Å². The first-order chi connectivity index (χ1) is 7.48. The number of aromatic nitrogens is 1. The first-order valence-corrected chi connectivity index (χ1v) is 7.44. The fourth-order valence-corrected chi connectivity index (χ4v) is 3.89. The number of nitrogens with zero attached hydrogens (tertiary/aromatic N) is 1. The molecule has 2 heterocycles. The molecular weight excluding hydrogens is 294 g/mol. The van der Waals surface area contributed by atoms with Crippen LogP contribution in [0.3, 0.4) is 0 Å². The lowest BCUT2D eigenvalue weighted by Crippen LogP contribution is -2.16. The summed E-state index contributed by atoms with van der Waals surface area (Å²) in [5.74, 6) is -0.445. The Balaban J connectivity index is 2.21. The molecule has 1 aromatic heterocycles. The van der Waals surface area contributed by atoms with E-state index in [2.05, 4.69) is 20.9 Å². The molecule has 0 spiro atoms. The molecule has 1 aliphatic rings. The second kappa shape index (κ2) is 4.25. The second-order valence-electron chi connectivity index (χ2n) is 3.86. The topological polar surface area (TPSA) is 64.1 Å². The average Bonchev–Trinajstić information content (AvgIpc) is 2.58. The molecule has 0 amide bonds. The summed E-state index contributed by atoms with van der Waals surface area (Å²) in [7, 11) is -3.01. The Labute approximate surface area is 102 Å². The molecule has 16 heavy (non-hydrogen) atoms. The van der Waals surface area contributed by atoms with Gasteiger partial charge in [0.05, 0.1) is 11.5 Å². The van der Waals surface area contributed by atoms with Gasteiger partial charge in [-0.2, -0.15) is 0 Å². The Morgan fingerprint density at radius 1 is 1.44 bits per heavy atom. The Morgan fingerprint density at radius 3 is 2.75 bits per heavy atom. The molecule has 0 N–H and O–H groups in total. The zero-order valence-corrected chi connectivity index (χ0v) is 10.8. The number of carbonyl (C=O) groups is 1. The molecule has 4 nitrogen and oxygen atoms in total. The van der Waals surface area contributed by atoms with Crippen LogP contribution in [0.5, 0.6) is 0 Å². The van der Waals surface area contributed by atoms with Crippen molar-refractivity contribution in [3.8, 4) is 0 Å². The van der Waals surface area contributed by atoms with Crippen LogP contribution < -0.4 is 0 Å². The molecule has 0 aromatic carbocycles. The first kappa shape index (κ1) is 11.7.